The van der Waals surface area contributed by atoms with Gasteiger partial charge < -0.3 is 15.3 Å². The number of nitrogens with one attached hydrogen (secondary N) is 1. The summed E-state index contributed by atoms with van der Waals surface area (Å²) in [6, 6.07) is 5.28. The summed E-state index contributed by atoms with van der Waals surface area (Å²) in [6.45, 7) is 7.82. The van der Waals surface area contributed by atoms with Gasteiger partial charge in [-0.2, -0.15) is 0 Å². The number of halogens is 1. The summed E-state index contributed by atoms with van der Waals surface area (Å²) in [5.41, 5.74) is 1.64. The fourth-order valence-electron chi connectivity index (χ4n) is 2.47. The number of terminal acetylenes is 1. The Labute approximate surface area is 172 Å². The molecule has 0 aliphatic carbocycles. The highest BCUT2D eigenvalue weighted by Gasteiger charge is 2.27. The van der Waals surface area contributed by atoms with Crippen molar-refractivity contribution in [3.63, 3.8) is 0 Å². The zero-order chi connectivity index (χ0) is 21.7. The van der Waals surface area contributed by atoms with E-state index in [0.29, 0.717) is 30.9 Å². The summed E-state index contributed by atoms with van der Waals surface area (Å²) in [6.07, 6.45) is 6.82. The van der Waals surface area contributed by atoms with E-state index < -0.39 is 0 Å². The summed E-state index contributed by atoms with van der Waals surface area (Å²) in [7, 11) is 0. The highest BCUT2D eigenvalue weighted by molar-refractivity contribution is 6.31. The standard InChI is InChI=1S/C10H8ClNO.C10H19NO2.H4N2/c1-2-8-3-4-9(6-12-7-13)10(11)5-8;1-10(2,3)6-9(13)11-5-4-8(12)7-11;1-2/h1,3-5,7H,6H2,(H,12,13);8,12H,4-7H2,1-3H3;1-2H2. The van der Waals surface area contributed by atoms with Crippen LogP contribution in [0.3, 0.4) is 0 Å². The fraction of sp³-hybridized carbons (Fsp3) is 0.500. The van der Waals surface area contributed by atoms with E-state index in [1.807, 2.05) is 0 Å². The molecule has 2 rings (SSSR count). The molecule has 156 valence electrons. The molecule has 1 unspecified atom stereocenters. The van der Waals surface area contributed by atoms with Crippen LogP contribution >= 0.6 is 11.6 Å². The predicted molar refractivity (Wildman–Crippen MR) is 112 cm³/mol. The number of benzene rings is 1. The van der Waals surface area contributed by atoms with Crippen LogP contribution in [0, 0.1) is 17.8 Å². The van der Waals surface area contributed by atoms with E-state index >= 15 is 0 Å². The topological polar surface area (TPSA) is 122 Å². The van der Waals surface area contributed by atoms with Gasteiger partial charge in [0.2, 0.25) is 12.3 Å². The fourth-order valence-corrected chi connectivity index (χ4v) is 2.71. The lowest BCUT2D eigenvalue weighted by atomic mass is 9.92. The Kier molecular flexibility index (Phi) is 12.1. The summed E-state index contributed by atoms with van der Waals surface area (Å²) < 4.78 is 0. The van der Waals surface area contributed by atoms with E-state index in [0.717, 1.165) is 24.1 Å². The minimum Gasteiger partial charge on any atom is -0.391 e. The van der Waals surface area contributed by atoms with E-state index in [9.17, 15) is 14.7 Å². The van der Waals surface area contributed by atoms with Gasteiger partial charge in [0.05, 0.1) is 6.10 Å². The van der Waals surface area contributed by atoms with Crippen LogP contribution in [0.1, 0.15) is 44.7 Å². The summed E-state index contributed by atoms with van der Waals surface area (Å²) >= 11 is 5.89. The van der Waals surface area contributed by atoms with Crippen molar-refractivity contribution in [3.8, 4) is 12.3 Å². The normalized spacial score (nSPS) is 15.4. The SMILES string of the molecule is C#Cc1ccc(CNC=O)c(Cl)c1.CC(C)(C)CC(=O)N1CCC(O)C1.NN. The van der Waals surface area contributed by atoms with E-state index in [-0.39, 0.29) is 17.4 Å². The number of aliphatic hydroxyl groups excluding tert-OH is 1. The second-order valence-electron chi connectivity index (χ2n) is 7.47. The molecule has 0 radical (unpaired) electrons. The first kappa shape index (κ1) is 25.9. The van der Waals surface area contributed by atoms with Crippen molar-refractivity contribution in [3.05, 3.63) is 34.3 Å². The van der Waals surface area contributed by atoms with Gasteiger partial charge in [-0.1, -0.05) is 44.4 Å². The van der Waals surface area contributed by atoms with Crippen molar-refractivity contribution in [1.29, 1.82) is 0 Å². The Balaban J connectivity index is 0.000000478. The lowest BCUT2D eigenvalue weighted by Gasteiger charge is -2.22. The van der Waals surface area contributed by atoms with Crippen LogP contribution < -0.4 is 17.0 Å². The molecular weight excluding hydrogens is 380 g/mol. The van der Waals surface area contributed by atoms with Gasteiger partial charge >= 0.3 is 0 Å². The zero-order valence-corrected chi connectivity index (χ0v) is 17.5. The largest absolute Gasteiger partial charge is 0.391 e. The maximum Gasteiger partial charge on any atom is 0.223 e. The summed E-state index contributed by atoms with van der Waals surface area (Å²) in [5.74, 6) is 10.6. The third-order valence-electron chi connectivity index (χ3n) is 3.79. The number of likely N-dealkylation sites (tertiary alicyclic amines) is 1. The zero-order valence-electron chi connectivity index (χ0n) is 16.7. The Morgan fingerprint density at radius 1 is 1.46 bits per heavy atom. The molecule has 1 saturated heterocycles. The maximum atomic E-state index is 11.6. The molecule has 1 atom stereocenters. The molecule has 6 N–H and O–H groups in total. The Hall–Kier alpha value is -2.11. The molecule has 1 aliphatic rings. The molecular formula is C20H31ClN4O3. The van der Waals surface area contributed by atoms with Gasteiger partial charge in [0.25, 0.3) is 0 Å². The van der Waals surface area contributed by atoms with Crippen LogP contribution in [0.5, 0.6) is 0 Å². The van der Waals surface area contributed by atoms with Crippen molar-refractivity contribution < 1.29 is 14.7 Å². The van der Waals surface area contributed by atoms with Crippen molar-refractivity contribution >= 4 is 23.9 Å². The number of aliphatic hydroxyl groups is 1. The van der Waals surface area contributed by atoms with E-state index in [1.54, 1.807) is 23.1 Å². The lowest BCUT2D eigenvalue weighted by molar-refractivity contribution is -0.132. The molecule has 0 spiro atoms. The number of nitrogens with zero attached hydrogens (tertiary/aromatic N) is 1. The van der Waals surface area contributed by atoms with Crippen LogP contribution in [0.25, 0.3) is 0 Å². The number of hydrogen-bond donors (Lipinski definition) is 4. The minimum absolute atomic E-state index is 0.0463. The molecule has 0 saturated carbocycles. The number of hydrazine groups is 1. The molecule has 1 aliphatic heterocycles. The van der Waals surface area contributed by atoms with Gasteiger partial charge in [-0.25, -0.2) is 0 Å². The molecule has 8 heteroatoms. The van der Waals surface area contributed by atoms with Crippen molar-refractivity contribution in [2.24, 2.45) is 17.1 Å². The molecule has 0 aromatic heterocycles. The Bertz CT molecular complexity index is 668. The number of carbonyl (C=O) groups excluding carboxylic acids is 2. The number of nitrogens with two attached hydrogens (primary N) is 2. The van der Waals surface area contributed by atoms with Gasteiger partial charge in [0.15, 0.2) is 0 Å². The molecule has 1 aromatic rings. The second kappa shape index (κ2) is 13.1. The number of carbonyl (C=O) groups is 2. The van der Waals surface area contributed by atoms with E-state index in [2.05, 4.69) is 43.7 Å². The second-order valence-corrected chi connectivity index (χ2v) is 7.88. The average molecular weight is 411 g/mol. The molecule has 1 fully saturated rings. The first-order chi connectivity index (χ1) is 13.2. The quantitative estimate of drug-likeness (QED) is 0.259. The lowest BCUT2D eigenvalue weighted by Crippen LogP contribution is -2.32. The van der Waals surface area contributed by atoms with Gasteiger partial charge in [0.1, 0.15) is 0 Å². The van der Waals surface area contributed by atoms with Gasteiger partial charge in [0, 0.05) is 36.6 Å². The maximum absolute atomic E-state index is 11.6. The molecule has 28 heavy (non-hydrogen) atoms. The monoisotopic (exact) mass is 410 g/mol. The van der Waals surface area contributed by atoms with Gasteiger partial charge in [-0.3, -0.25) is 21.3 Å². The molecule has 0 bridgehead atoms. The third kappa shape index (κ3) is 10.3. The summed E-state index contributed by atoms with van der Waals surface area (Å²) in [5, 5.41) is 12.4. The first-order valence-electron chi connectivity index (χ1n) is 8.87. The van der Waals surface area contributed by atoms with Crippen LogP contribution in [-0.2, 0) is 16.1 Å². The molecule has 1 aromatic carbocycles. The van der Waals surface area contributed by atoms with Crippen LogP contribution in [-0.4, -0.2) is 41.5 Å². The van der Waals surface area contributed by atoms with Crippen LogP contribution in [0.4, 0.5) is 0 Å². The molecule has 2 amide bonds. The van der Waals surface area contributed by atoms with Crippen molar-refractivity contribution in [2.75, 3.05) is 13.1 Å². The smallest absolute Gasteiger partial charge is 0.223 e. The summed E-state index contributed by atoms with van der Waals surface area (Å²) in [4.78, 5) is 23.4. The minimum atomic E-state index is -0.302. The Morgan fingerprint density at radius 2 is 2.11 bits per heavy atom. The van der Waals surface area contributed by atoms with E-state index in [1.165, 1.54) is 0 Å². The van der Waals surface area contributed by atoms with Crippen molar-refractivity contribution in [1.82, 2.24) is 10.2 Å². The van der Waals surface area contributed by atoms with Crippen molar-refractivity contribution in [2.45, 2.75) is 46.3 Å². The number of amides is 2. The molecule has 7 nitrogen and oxygen atoms in total. The van der Waals surface area contributed by atoms with Crippen LogP contribution in [0.15, 0.2) is 18.2 Å². The average Bonchev–Trinajstić information content (AvgIpc) is 3.08. The number of rotatable bonds is 4. The third-order valence-corrected chi connectivity index (χ3v) is 4.15. The van der Waals surface area contributed by atoms with Gasteiger partial charge in [-0.05, 0) is 29.5 Å². The number of hydrogen-bond acceptors (Lipinski definition) is 5. The predicted octanol–water partition coefficient (Wildman–Crippen LogP) is 1.40. The first-order valence-corrected chi connectivity index (χ1v) is 9.25. The highest BCUT2D eigenvalue weighted by atomic mass is 35.5. The van der Waals surface area contributed by atoms with Crippen LogP contribution in [0.2, 0.25) is 5.02 Å². The van der Waals surface area contributed by atoms with Gasteiger partial charge in [-0.15, -0.1) is 6.42 Å². The number of β-amino-alcohol motifs (C(OH)–C–C–N with tert-alkyl or cyclic N) is 1. The molecule has 1 heterocycles. The highest BCUT2D eigenvalue weighted by Crippen LogP contribution is 2.21. The Morgan fingerprint density at radius 3 is 2.54 bits per heavy atom. The van der Waals surface area contributed by atoms with E-state index in [4.69, 9.17) is 18.0 Å².